The summed E-state index contributed by atoms with van der Waals surface area (Å²) in [5.74, 6) is -0.123. The molecule has 0 radical (unpaired) electrons. The minimum atomic E-state index is -0.562. The Balaban J connectivity index is 2.19. The van der Waals surface area contributed by atoms with E-state index in [0.29, 0.717) is 17.9 Å². The van der Waals surface area contributed by atoms with Crippen LogP contribution < -0.4 is 5.76 Å². The third kappa shape index (κ3) is 1.26. The molecule has 0 saturated heterocycles. The van der Waals surface area contributed by atoms with Crippen LogP contribution in [0.4, 0.5) is 0 Å². The smallest absolute Gasteiger partial charge is 0.438 e. The summed E-state index contributed by atoms with van der Waals surface area (Å²) in [6, 6.07) is 0. The van der Waals surface area contributed by atoms with Crippen molar-refractivity contribution in [2.75, 3.05) is 0 Å². The van der Waals surface area contributed by atoms with E-state index in [1.165, 1.54) is 12.7 Å². The highest BCUT2D eigenvalue weighted by molar-refractivity contribution is 5.00. The van der Waals surface area contributed by atoms with Crippen LogP contribution in [0.25, 0.3) is 0 Å². The quantitative estimate of drug-likeness (QED) is 0.677. The molecule has 6 heteroatoms. The largest absolute Gasteiger partial charge is 0.451 e. The molecule has 0 aliphatic rings. The van der Waals surface area contributed by atoms with Crippen LogP contribution in [0.1, 0.15) is 11.5 Å². The van der Waals surface area contributed by atoms with E-state index in [0.717, 1.165) is 0 Å². The summed E-state index contributed by atoms with van der Waals surface area (Å²) in [6.45, 7) is 0. The predicted molar refractivity (Wildman–Crippen MR) is 36.4 cm³/mol. The van der Waals surface area contributed by atoms with Gasteiger partial charge in [-0.05, 0) is 0 Å². The number of hydrogen-bond acceptors (Lipinski definition) is 5. The number of aromatic nitrogens is 3. The number of rotatable bonds is 2. The van der Waals surface area contributed by atoms with Crippen LogP contribution in [-0.2, 0) is 6.42 Å². The van der Waals surface area contributed by atoms with Crippen molar-refractivity contribution < 1.29 is 8.94 Å². The molecule has 2 aromatic heterocycles. The van der Waals surface area contributed by atoms with E-state index in [1.807, 2.05) is 0 Å². The van der Waals surface area contributed by atoms with Gasteiger partial charge in [0.1, 0.15) is 6.26 Å². The first-order valence-electron chi connectivity index (χ1n) is 3.26. The summed E-state index contributed by atoms with van der Waals surface area (Å²) in [5, 5.41) is 3.47. The average Bonchev–Trinajstić information content (AvgIpc) is 2.63. The maximum absolute atomic E-state index is 10.5. The molecule has 0 saturated carbocycles. The van der Waals surface area contributed by atoms with Crippen LogP contribution in [0.2, 0.25) is 0 Å². The number of H-pyrrole nitrogens is 1. The number of oxazole rings is 1. The third-order valence-electron chi connectivity index (χ3n) is 1.32. The Bertz CT molecular complexity index is 400. The number of hydrogen-bond donors (Lipinski definition) is 1. The van der Waals surface area contributed by atoms with Crippen LogP contribution in [-0.4, -0.2) is 15.1 Å². The monoisotopic (exact) mass is 167 g/mol. The van der Waals surface area contributed by atoms with Gasteiger partial charge in [0.2, 0.25) is 0 Å². The highest BCUT2D eigenvalue weighted by Gasteiger charge is 2.03. The Labute approximate surface area is 66.2 Å². The molecule has 6 nitrogen and oxygen atoms in total. The molecule has 0 fully saturated rings. The fraction of sp³-hybridized carbons (Fsp3) is 0.167. The van der Waals surface area contributed by atoms with Crippen molar-refractivity contribution in [3.63, 3.8) is 0 Å². The summed E-state index contributed by atoms with van der Waals surface area (Å²) in [5.41, 5.74) is 0.694. The highest BCUT2D eigenvalue weighted by atomic mass is 16.5. The van der Waals surface area contributed by atoms with Gasteiger partial charge in [0, 0.05) is 0 Å². The lowest BCUT2D eigenvalue weighted by Crippen LogP contribution is -1.97. The molecule has 0 spiro atoms. The van der Waals surface area contributed by atoms with Gasteiger partial charge >= 0.3 is 5.76 Å². The average molecular weight is 167 g/mol. The molecular weight excluding hydrogens is 162 g/mol. The van der Waals surface area contributed by atoms with Gasteiger partial charge in [0.05, 0.1) is 12.1 Å². The van der Waals surface area contributed by atoms with E-state index in [-0.39, 0.29) is 0 Å². The lowest BCUT2D eigenvalue weighted by Gasteiger charge is -1.84. The summed E-state index contributed by atoms with van der Waals surface area (Å²) in [7, 11) is 0. The lowest BCUT2D eigenvalue weighted by atomic mass is 10.3. The van der Waals surface area contributed by atoms with Gasteiger partial charge in [-0.15, -0.1) is 0 Å². The first-order valence-corrected chi connectivity index (χ1v) is 3.26. The summed E-state index contributed by atoms with van der Waals surface area (Å²) < 4.78 is 9.03. The topological polar surface area (TPSA) is 84.9 Å². The van der Waals surface area contributed by atoms with Crippen molar-refractivity contribution in [2.45, 2.75) is 6.42 Å². The molecule has 0 aromatic carbocycles. The molecule has 62 valence electrons. The Kier molecular flexibility index (Phi) is 1.51. The highest BCUT2D eigenvalue weighted by Crippen LogP contribution is 1.99. The minimum absolute atomic E-state index is 0.405. The van der Waals surface area contributed by atoms with Gasteiger partial charge in [-0.3, -0.25) is 9.51 Å². The SMILES string of the molecule is O=c1[nH]c(Cc2cocn2)no1. The molecule has 0 aliphatic heterocycles. The van der Waals surface area contributed by atoms with E-state index in [4.69, 9.17) is 4.42 Å². The number of nitrogens with zero attached hydrogens (tertiary/aromatic N) is 2. The second kappa shape index (κ2) is 2.65. The van der Waals surface area contributed by atoms with Gasteiger partial charge in [-0.2, -0.15) is 0 Å². The number of nitrogens with one attached hydrogen (secondary N) is 1. The molecule has 2 aromatic rings. The summed E-state index contributed by atoms with van der Waals surface area (Å²) >= 11 is 0. The van der Waals surface area contributed by atoms with Crippen molar-refractivity contribution in [1.29, 1.82) is 0 Å². The fourth-order valence-corrected chi connectivity index (χ4v) is 0.833. The molecular formula is C6H5N3O3. The Morgan fingerprint density at radius 3 is 3.08 bits per heavy atom. The molecule has 0 unspecified atom stereocenters. The van der Waals surface area contributed by atoms with Crippen LogP contribution >= 0.6 is 0 Å². The molecule has 0 amide bonds. The molecule has 2 rings (SSSR count). The predicted octanol–water partition coefficient (Wildman–Crippen LogP) is -0.0583. The van der Waals surface area contributed by atoms with Crippen LogP contribution in [0.3, 0.4) is 0 Å². The van der Waals surface area contributed by atoms with Gasteiger partial charge in [0.25, 0.3) is 0 Å². The fourth-order valence-electron chi connectivity index (χ4n) is 0.833. The van der Waals surface area contributed by atoms with E-state index >= 15 is 0 Å². The molecule has 0 aliphatic carbocycles. The van der Waals surface area contributed by atoms with E-state index < -0.39 is 5.76 Å². The lowest BCUT2D eigenvalue weighted by molar-refractivity contribution is 0.382. The Morgan fingerprint density at radius 2 is 2.50 bits per heavy atom. The standard InChI is InChI=1S/C6H5N3O3/c10-6-8-5(9-12-6)1-4-2-11-3-7-4/h2-3H,1H2,(H,8,9,10). The number of aromatic amines is 1. The van der Waals surface area contributed by atoms with Crippen molar-refractivity contribution in [1.82, 2.24) is 15.1 Å². The van der Waals surface area contributed by atoms with Gasteiger partial charge in [-0.1, -0.05) is 5.16 Å². The normalized spacial score (nSPS) is 10.3. The van der Waals surface area contributed by atoms with Crippen molar-refractivity contribution >= 4 is 0 Å². The van der Waals surface area contributed by atoms with Gasteiger partial charge < -0.3 is 4.42 Å². The molecule has 1 N–H and O–H groups in total. The van der Waals surface area contributed by atoms with E-state index in [9.17, 15) is 4.79 Å². The van der Waals surface area contributed by atoms with E-state index in [1.54, 1.807) is 0 Å². The zero-order valence-electron chi connectivity index (χ0n) is 5.98. The Hall–Kier alpha value is -1.85. The summed E-state index contributed by atoms with van der Waals surface area (Å²) in [6.07, 6.45) is 3.20. The first-order chi connectivity index (χ1) is 5.84. The molecule has 0 atom stereocenters. The third-order valence-corrected chi connectivity index (χ3v) is 1.32. The zero-order valence-corrected chi connectivity index (χ0v) is 5.98. The van der Waals surface area contributed by atoms with Crippen molar-refractivity contribution in [2.24, 2.45) is 0 Å². The van der Waals surface area contributed by atoms with Crippen molar-refractivity contribution in [3.05, 3.63) is 34.7 Å². The maximum Gasteiger partial charge on any atom is 0.438 e. The second-order valence-electron chi connectivity index (χ2n) is 2.20. The summed E-state index contributed by atoms with van der Waals surface area (Å²) in [4.78, 5) is 16.7. The first kappa shape index (κ1) is 6.84. The van der Waals surface area contributed by atoms with Gasteiger partial charge in [-0.25, -0.2) is 9.78 Å². The van der Waals surface area contributed by atoms with Gasteiger partial charge in [0.15, 0.2) is 12.2 Å². The molecule has 12 heavy (non-hydrogen) atoms. The maximum atomic E-state index is 10.5. The zero-order chi connectivity index (χ0) is 8.39. The molecule has 0 bridgehead atoms. The molecule has 2 heterocycles. The minimum Gasteiger partial charge on any atom is -0.451 e. The van der Waals surface area contributed by atoms with Crippen molar-refractivity contribution in [3.8, 4) is 0 Å². The Morgan fingerprint density at radius 1 is 1.58 bits per heavy atom. The van der Waals surface area contributed by atoms with Crippen LogP contribution in [0, 0.1) is 0 Å². The van der Waals surface area contributed by atoms with Crippen LogP contribution in [0.5, 0.6) is 0 Å². The van der Waals surface area contributed by atoms with E-state index in [2.05, 4.69) is 19.6 Å². The van der Waals surface area contributed by atoms with Crippen LogP contribution in [0.15, 0.2) is 26.4 Å². The second-order valence-corrected chi connectivity index (χ2v) is 2.20.